The van der Waals surface area contributed by atoms with Crippen LogP contribution in [-0.4, -0.2) is 41.8 Å². The minimum atomic E-state index is -0.672. The van der Waals surface area contributed by atoms with Gasteiger partial charge in [0.15, 0.2) is 0 Å². The highest BCUT2D eigenvalue weighted by atomic mass is 35.5. The maximum atomic E-state index is 10.3. The maximum absolute atomic E-state index is 10.3. The molecule has 2 aromatic heterocycles. The molecule has 1 aliphatic rings. The van der Waals surface area contributed by atoms with Crippen molar-refractivity contribution in [2.45, 2.75) is 31.3 Å². The molecule has 0 saturated heterocycles. The Balaban J connectivity index is 1.76. The number of aliphatic hydroxyl groups is 1. The molecule has 0 unspecified atom stereocenters. The van der Waals surface area contributed by atoms with Gasteiger partial charge < -0.3 is 10.4 Å². The zero-order chi connectivity index (χ0) is 14.0. The van der Waals surface area contributed by atoms with E-state index in [0.717, 1.165) is 25.7 Å². The van der Waals surface area contributed by atoms with Gasteiger partial charge in [-0.15, -0.1) is 0 Å². The fourth-order valence-corrected chi connectivity index (χ4v) is 2.52. The third-order valence-electron chi connectivity index (χ3n) is 3.44. The number of halogens is 1. The first-order chi connectivity index (χ1) is 9.65. The number of nitrogens with one attached hydrogen (secondary N) is 1. The Morgan fingerprint density at radius 2 is 2.10 bits per heavy atom. The van der Waals surface area contributed by atoms with Gasteiger partial charge in [-0.3, -0.25) is 4.57 Å². The van der Waals surface area contributed by atoms with Gasteiger partial charge in [-0.25, -0.2) is 4.98 Å². The lowest BCUT2D eigenvalue weighted by Crippen LogP contribution is -2.34. The molecule has 106 valence electrons. The van der Waals surface area contributed by atoms with Crippen molar-refractivity contribution >= 4 is 17.5 Å². The van der Waals surface area contributed by atoms with Gasteiger partial charge in [0.25, 0.3) is 0 Å². The van der Waals surface area contributed by atoms with Crippen molar-refractivity contribution < 1.29 is 5.11 Å². The molecular formula is C12H15ClN6O. The van der Waals surface area contributed by atoms with E-state index in [-0.39, 0.29) is 5.28 Å². The normalized spacial score (nSPS) is 17.3. The van der Waals surface area contributed by atoms with E-state index in [1.807, 2.05) is 0 Å². The lowest BCUT2D eigenvalue weighted by molar-refractivity contribution is 0.0613. The van der Waals surface area contributed by atoms with E-state index in [2.05, 4.69) is 25.3 Å². The summed E-state index contributed by atoms with van der Waals surface area (Å²) in [6.07, 6.45) is 8.64. The monoisotopic (exact) mass is 294 g/mol. The van der Waals surface area contributed by atoms with Crippen LogP contribution in [0.25, 0.3) is 5.95 Å². The molecule has 0 radical (unpaired) electrons. The summed E-state index contributed by atoms with van der Waals surface area (Å²) in [5.74, 6) is 0.748. The molecule has 0 aliphatic heterocycles. The quantitative estimate of drug-likeness (QED) is 0.887. The molecule has 7 nitrogen and oxygen atoms in total. The molecule has 1 fully saturated rings. The zero-order valence-corrected chi connectivity index (χ0v) is 11.6. The Hall–Kier alpha value is -1.73. The second-order valence-corrected chi connectivity index (χ2v) is 5.32. The number of aromatic nitrogens is 5. The molecule has 20 heavy (non-hydrogen) atoms. The first-order valence-electron chi connectivity index (χ1n) is 6.51. The standard InChI is InChI=1S/C12H15ClN6O/c13-9-16-10(15-7-12(20)3-1-2-4-12)18-11(17-9)19-6-5-14-8-19/h5-6,8,20H,1-4,7H2,(H,15,16,17,18). The van der Waals surface area contributed by atoms with E-state index in [0.29, 0.717) is 18.4 Å². The molecule has 2 aromatic rings. The molecule has 2 heterocycles. The molecule has 0 amide bonds. The smallest absolute Gasteiger partial charge is 0.241 e. The SMILES string of the molecule is OC1(CNc2nc(Cl)nc(-n3ccnc3)n2)CCCC1. The van der Waals surface area contributed by atoms with Crippen LogP contribution in [0.2, 0.25) is 5.28 Å². The van der Waals surface area contributed by atoms with Gasteiger partial charge in [-0.05, 0) is 24.4 Å². The molecule has 1 aliphatic carbocycles. The first-order valence-corrected chi connectivity index (χ1v) is 6.89. The van der Waals surface area contributed by atoms with E-state index in [4.69, 9.17) is 11.6 Å². The van der Waals surface area contributed by atoms with Gasteiger partial charge in [-0.2, -0.15) is 15.0 Å². The van der Waals surface area contributed by atoms with Gasteiger partial charge in [0.1, 0.15) is 6.33 Å². The lowest BCUT2D eigenvalue weighted by atomic mass is 10.0. The van der Waals surface area contributed by atoms with Crippen molar-refractivity contribution in [3.8, 4) is 5.95 Å². The van der Waals surface area contributed by atoms with E-state index in [9.17, 15) is 5.11 Å². The molecule has 8 heteroatoms. The van der Waals surface area contributed by atoms with Gasteiger partial charge in [0, 0.05) is 18.9 Å². The van der Waals surface area contributed by atoms with Crippen LogP contribution in [0.4, 0.5) is 5.95 Å². The highest BCUT2D eigenvalue weighted by Gasteiger charge is 2.31. The summed E-state index contributed by atoms with van der Waals surface area (Å²) in [4.78, 5) is 16.3. The van der Waals surface area contributed by atoms with E-state index in [1.54, 1.807) is 23.3 Å². The number of rotatable bonds is 4. The maximum Gasteiger partial charge on any atom is 0.241 e. The van der Waals surface area contributed by atoms with Gasteiger partial charge in [-0.1, -0.05) is 12.8 Å². The van der Waals surface area contributed by atoms with E-state index < -0.39 is 5.60 Å². The molecule has 0 atom stereocenters. The lowest BCUT2D eigenvalue weighted by Gasteiger charge is -2.22. The minimum absolute atomic E-state index is 0.101. The van der Waals surface area contributed by atoms with Crippen LogP contribution in [-0.2, 0) is 0 Å². The van der Waals surface area contributed by atoms with Crippen molar-refractivity contribution in [3.63, 3.8) is 0 Å². The number of nitrogens with zero attached hydrogens (tertiary/aromatic N) is 5. The largest absolute Gasteiger partial charge is 0.388 e. The summed E-state index contributed by atoms with van der Waals surface area (Å²) in [5, 5.41) is 13.4. The summed E-state index contributed by atoms with van der Waals surface area (Å²) in [7, 11) is 0. The van der Waals surface area contributed by atoms with Crippen LogP contribution >= 0.6 is 11.6 Å². The number of hydrogen-bond donors (Lipinski definition) is 2. The molecule has 3 rings (SSSR count). The molecular weight excluding hydrogens is 280 g/mol. The van der Waals surface area contributed by atoms with Crippen LogP contribution in [0, 0.1) is 0 Å². The van der Waals surface area contributed by atoms with E-state index in [1.165, 1.54) is 0 Å². The predicted octanol–water partition coefficient (Wildman–Crippen LogP) is 1.43. The Bertz CT molecular complexity index is 582. The van der Waals surface area contributed by atoms with Crippen molar-refractivity contribution in [2.75, 3.05) is 11.9 Å². The van der Waals surface area contributed by atoms with Crippen LogP contribution < -0.4 is 5.32 Å². The van der Waals surface area contributed by atoms with Crippen molar-refractivity contribution in [2.24, 2.45) is 0 Å². The summed E-state index contributed by atoms with van der Waals surface area (Å²) in [6.45, 7) is 0.413. The van der Waals surface area contributed by atoms with Gasteiger partial charge in [0.05, 0.1) is 5.60 Å². The summed E-state index contributed by atoms with van der Waals surface area (Å²) < 4.78 is 1.64. The summed E-state index contributed by atoms with van der Waals surface area (Å²) in [6, 6.07) is 0. The fourth-order valence-electron chi connectivity index (χ4n) is 2.37. The highest BCUT2D eigenvalue weighted by molar-refractivity contribution is 6.28. The second kappa shape index (κ2) is 5.34. The highest BCUT2D eigenvalue weighted by Crippen LogP contribution is 2.29. The molecule has 0 aromatic carbocycles. The average Bonchev–Trinajstić information content (AvgIpc) is 3.08. The third kappa shape index (κ3) is 2.88. The van der Waals surface area contributed by atoms with Crippen LogP contribution in [0.5, 0.6) is 0 Å². The molecule has 0 bridgehead atoms. The number of anilines is 1. The summed E-state index contributed by atoms with van der Waals surface area (Å²) >= 11 is 5.90. The van der Waals surface area contributed by atoms with Crippen LogP contribution in [0.3, 0.4) is 0 Å². The fraction of sp³-hybridized carbons (Fsp3) is 0.500. The zero-order valence-electron chi connectivity index (χ0n) is 10.8. The van der Waals surface area contributed by atoms with Crippen LogP contribution in [0.15, 0.2) is 18.7 Å². The molecule has 2 N–H and O–H groups in total. The molecule has 1 saturated carbocycles. The van der Waals surface area contributed by atoms with Crippen molar-refractivity contribution in [1.29, 1.82) is 0 Å². The van der Waals surface area contributed by atoms with Gasteiger partial charge >= 0.3 is 0 Å². The Kier molecular flexibility index (Phi) is 3.54. The summed E-state index contributed by atoms with van der Waals surface area (Å²) in [5.41, 5.74) is -0.672. The molecule has 0 spiro atoms. The minimum Gasteiger partial charge on any atom is -0.388 e. The average molecular weight is 295 g/mol. The van der Waals surface area contributed by atoms with Gasteiger partial charge in [0.2, 0.25) is 17.2 Å². The number of hydrogen-bond acceptors (Lipinski definition) is 6. The van der Waals surface area contributed by atoms with Crippen molar-refractivity contribution in [1.82, 2.24) is 24.5 Å². The van der Waals surface area contributed by atoms with Crippen molar-refractivity contribution in [3.05, 3.63) is 24.0 Å². The Labute approximate surface area is 121 Å². The Morgan fingerprint density at radius 3 is 2.80 bits per heavy atom. The third-order valence-corrected chi connectivity index (χ3v) is 3.61. The Morgan fingerprint density at radius 1 is 1.30 bits per heavy atom. The predicted molar refractivity (Wildman–Crippen MR) is 73.9 cm³/mol. The van der Waals surface area contributed by atoms with Crippen LogP contribution in [0.1, 0.15) is 25.7 Å². The first kappa shape index (κ1) is 13.3. The van der Waals surface area contributed by atoms with E-state index >= 15 is 0 Å². The second-order valence-electron chi connectivity index (χ2n) is 4.98. The number of imidazole rings is 1. The topological polar surface area (TPSA) is 88.8 Å².